The first-order valence-corrected chi connectivity index (χ1v) is 6.24. The van der Waals surface area contributed by atoms with Gasteiger partial charge in [-0.2, -0.15) is 0 Å². The van der Waals surface area contributed by atoms with Crippen molar-refractivity contribution in [1.82, 2.24) is 0 Å². The first kappa shape index (κ1) is 14.4. The number of carbonyl (C=O) groups is 1. The van der Waals surface area contributed by atoms with Crippen LogP contribution in [-0.4, -0.2) is 19.1 Å². The van der Waals surface area contributed by atoms with E-state index in [4.69, 9.17) is 10.5 Å². The van der Waals surface area contributed by atoms with E-state index in [2.05, 4.69) is 26.1 Å². The molecule has 0 heterocycles. The molecule has 0 amide bonds. The van der Waals surface area contributed by atoms with Gasteiger partial charge in [-0.1, -0.05) is 26.3 Å². The van der Waals surface area contributed by atoms with Crippen molar-refractivity contribution in [1.29, 1.82) is 0 Å². The van der Waals surface area contributed by atoms with Gasteiger partial charge in [-0.3, -0.25) is 0 Å². The van der Waals surface area contributed by atoms with E-state index in [0.717, 1.165) is 12.1 Å². The molecule has 1 rings (SSSR count). The summed E-state index contributed by atoms with van der Waals surface area (Å²) < 4.78 is 4.70. The van der Waals surface area contributed by atoms with E-state index >= 15 is 0 Å². The molecule has 0 fully saturated rings. The molecule has 3 N–H and O–H groups in total. The van der Waals surface area contributed by atoms with Gasteiger partial charge in [0.1, 0.15) is 0 Å². The SMILES string of the molecule is CCC(C)C(C)Nc1cccc(C(=O)OC)c1N. The van der Waals surface area contributed by atoms with Crippen molar-refractivity contribution in [2.75, 3.05) is 18.2 Å². The molecule has 2 unspecified atom stereocenters. The van der Waals surface area contributed by atoms with Gasteiger partial charge in [0.15, 0.2) is 0 Å². The minimum absolute atomic E-state index is 0.296. The van der Waals surface area contributed by atoms with E-state index in [9.17, 15) is 4.79 Å². The van der Waals surface area contributed by atoms with Crippen LogP contribution in [0, 0.1) is 5.92 Å². The molecule has 0 saturated carbocycles. The van der Waals surface area contributed by atoms with Crippen LogP contribution >= 0.6 is 0 Å². The molecule has 4 nitrogen and oxygen atoms in total. The van der Waals surface area contributed by atoms with Crippen LogP contribution in [0.25, 0.3) is 0 Å². The smallest absolute Gasteiger partial charge is 0.340 e. The third-order valence-corrected chi connectivity index (χ3v) is 3.39. The molecule has 1 aromatic rings. The molecule has 2 atom stereocenters. The number of rotatable bonds is 5. The molecule has 0 spiro atoms. The summed E-state index contributed by atoms with van der Waals surface area (Å²) in [5, 5.41) is 3.35. The molecule has 0 aromatic heterocycles. The Morgan fingerprint density at radius 3 is 2.67 bits per heavy atom. The fraction of sp³-hybridized carbons (Fsp3) is 0.500. The molecule has 4 heteroatoms. The summed E-state index contributed by atoms with van der Waals surface area (Å²) in [7, 11) is 1.35. The number of nitrogens with two attached hydrogens (primary N) is 1. The van der Waals surface area contributed by atoms with Gasteiger partial charge in [0.25, 0.3) is 0 Å². The molecule has 0 aliphatic heterocycles. The van der Waals surface area contributed by atoms with E-state index in [-0.39, 0.29) is 0 Å². The Labute approximate surface area is 109 Å². The summed E-state index contributed by atoms with van der Waals surface area (Å²) in [4.78, 5) is 11.5. The zero-order valence-corrected chi connectivity index (χ0v) is 11.5. The van der Waals surface area contributed by atoms with Crippen LogP contribution in [0.15, 0.2) is 18.2 Å². The second-order valence-electron chi connectivity index (χ2n) is 4.58. The van der Waals surface area contributed by atoms with Gasteiger partial charge in [-0.25, -0.2) is 4.79 Å². The minimum atomic E-state index is -0.410. The van der Waals surface area contributed by atoms with E-state index in [1.807, 2.05) is 6.07 Å². The lowest BCUT2D eigenvalue weighted by atomic mass is 10.00. The largest absolute Gasteiger partial charge is 0.465 e. The Bertz CT molecular complexity index is 418. The highest BCUT2D eigenvalue weighted by molar-refractivity contribution is 5.98. The maximum Gasteiger partial charge on any atom is 0.340 e. The molecule has 0 aliphatic rings. The highest BCUT2D eigenvalue weighted by atomic mass is 16.5. The molecular weight excluding hydrogens is 228 g/mol. The number of carbonyl (C=O) groups excluding carboxylic acids is 1. The Morgan fingerprint density at radius 2 is 2.11 bits per heavy atom. The van der Waals surface area contributed by atoms with E-state index in [1.54, 1.807) is 12.1 Å². The normalized spacial score (nSPS) is 13.8. The standard InChI is InChI=1S/C14H22N2O2/c1-5-9(2)10(3)16-12-8-6-7-11(13(12)15)14(17)18-4/h6-10,16H,5,15H2,1-4H3. The fourth-order valence-corrected chi connectivity index (χ4v) is 1.72. The van der Waals surface area contributed by atoms with Gasteiger partial charge in [-0.15, -0.1) is 0 Å². The van der Waals surface area contributed by atoms with Gasteiger partial charge < -0.3 is 15.8 Å². The van der Waals surface area contributed by atoms with E-state index < -0.39 is 5.97 Å². The number of nitrogens with one attached hydrogen (secondary N) is 1. The second-order valence-corrected chi connectivity index (χ2v) is 4.58. The monoisotopic (exact) mass is 250 g/mol. The summed E-state index contributed by atoms with van der Waals surface area (Å²) in [5.41, 5.74) is 7.62. The van der Waals surface area contributed by atoms with Gasteiger partial charge >= 0.3 is 5.97 Å². The first-order chi connectivity index (χ1) is 8.51. The highest BCUT2D eigenvalue weighted by Gasteiger charge is 2.15. The third-order valence-electron chi connectivity index (χ3n) is 3.39. The number of anilines is 2. The van der Waals surface area contributed by atoms with Crippen LogP contribution in [0.3, 0.4) is 0 Å². The van der Waals surface area contributed by atoms with Crippen LogP contribution in [0.2, 0.25) is 0 Å². The third kappa shape index (κ3) is 3.15. The molecule has 0 aliphatic carbocycles. The van der Waals surface area contributed by atoms with Gasteiger partial charge in [-0.05, 0) is 25.0 Å². The average Bonchev–Trinajstić information content (AvgIpc) is 2.39. The maximum absolute atomic E-state index is 11.5. The van der Waals surface area contributed by atoms with Crippen molar-refractivity contribution in [3.8, 4) is 0 Å². The lowest BCUT2D eigenvalue weighted by Gasteiger charge is -2.22. The van der Waals surface area contributed by atoms with Crippen molar-refractivity contribution in [3.63, 3.8) is 0 Å². The van der Waals surface area contributed by atoms with Crippen molar-refractivity contribution in [2.45, 2.75) is 33.2 Å². The lowest BCUT2D eigenvalue weighted by Crippen LogP contribution is -2.24. The van der Waals surface area contributed by atoms with Crippen molar-refractivity contribution < 1.29 is 9.53 Å². The van der Waals surface area contributed by atoms with Crippen LogP contribution in [0.5, 0.6) is 0 Å². The average molecular weight is 250 g/mol. The number of ether oxygens (including phenoxy) is 1. The molecule has 0 bridgehead atoms. The van der Waals surface area contributed by atoms with Gasteiger partial charge in [0.05, 0.1) is 24.0 Å². The van der Waals surface area contributed by atoms with Gasteiger partial charge in [0, 0.05) is 6.04 Å². The topological polar surface area (TPSA) is 64.3 Å². The van der Waals surface area contributed by atoms with Crippen molar-refractivity contribution >= 4 is 17.3 Å². The Kier molecular flexibility index (Phi) is 5.01. The van der Waals surface area contributed by atoms with Crippen LogP contribution in [-0.2, 0) is 4.74 Å². The molecular formula is C14H22N2O2. The number of para-hydroxylation sites is 1. The summed E-state index contributed by atoms with van der Waals surface area (Å²) in [6.45, 7) is 6.44. The number of nitrogen functional groups attached to an aromatic ring is 1. The Morgan fingerprint density at radius 1 is 1.44 bits per heavy atom. The zero-order valence-electron chi connectivity index (χ0n) is 11.5. The summed E-state index contributed by atoms with van der Waals surface area (Å²) >= 11 is 0. The van der Waals surface area contributed by atoms with E-state index in [0.29, 0.717) is 23.2 Å². The maximum atomic E-state index is 11.5. The second kappa shape index (κ2) is 6.28. The summed E-state index contributed by atoms with van der Waals surface area (Å²) in [5.74, 6) is 0.124. The highest BCUT2D eigenvalue weighted by Crippen LogP contribution is 2.25. The van der Waals surface area contributed by atoms with Crippen LogP contribution in [0.1, 0.15) is 37.6 Å². The van der Waals surface area contributed by atoms with Crippen molar-refractivity contribution in [2.24, 2.45) is 5.92 Å². The Balaban J connectivity index is 2.94. The summed E-state index contributed by atoms with van der Waals surface area (Å²) in [6.07, 6.45) is 1.09. The number of hydrogen-bond donors (Lipinski definition) is 2. The van der Waals surface area contributed by atoms with Crippen molar-refractivity contribution in [3.05, 3.63) is 23.8 Å². The molecule has 1 aromatic carbocycles. The minimum Gasteiger partial charge on any atom is -0.465 e. The van der Waals surface area contributed by atoms with Crippen LogP contribution in [0.4, 0.5) is 11.4 Å². The first-order valence-electron chi connectivity index (χ1n) is 6.24. The lowest BCUT2D eigenvalue weighted by molar-refractivity contribution is 0.0602. The Hall–Kier alpha value is -1.71. The predicted molar refractivity (Wildman–Crippen MR) is 74.7 cm³/mol. The zero-order chi connectivity index (χ0) is 13.7. The molecule has 100 valence electrons. The van der Waals surface area contributed by atoms with Crippen LogP contribution < -0.4 is 11.1 Å². The van der Waals surface area contributed by atoms with E-state index in [1.165, 1.54) is 7.11 Å². The molecule has 0 saturated heterocycles. The predicted octanol–water partition coefficient (Wildman–Crippen LogP) is 2.90. The molecule has 0 radical (unpaired) electrons. The summed E-state index contributed by atoms with van der Waals surface area (Å²) in [6, 6.07) is 5.64. The fourth-order valence-electron chi connectivity index (χ4n) is 1.72. The number of hydrogen-bond acceptors (Lipinski definition) is 4. The number of esters is 1. The quantitative estimate of drug-likeness (QED) is 0.623. The molecule has 18 heavy (non-hydrogen) atoms. The number of benzene rings is 1. The van der Waals surface area contributed by atoms with Gasteiger partial charge in [0.2, 0.25) is 0 Å². The number of methoxy groups -OCH3 is 1.